The number of thiophene rings is 1. The van der Waals surface area contributed by atoms with Crippen molar-refractivity contribution in [2.75, 3.05) is 6.54 Å². The molecule has 16 heavy (non-hydrogen) atoms. The fourth-order valence-electron chi connectivity index (χ4n) is 1.93. The van der Waals surface area contributed by atoms with Crippen LogP contribution in [-0.2, 0) is 11.3 Å². The van der Waals surface area contributed by atoms with Crippen LogP contribution in [-0.4, -0.2) is 12.6 Å². The van der Waals surface area contributed by atoms with Crippen molar-refractivity contribution in [2.24, 2.45) is 5.73 Å². The summed E-state index contributed by atoms with van der Waals surface area (Å²) >= 11 is 1.72. The van der Waals surface area contributed by atoms with Crippen LogP contribution < -0.4 is 5.73 Å². The molecule has 0 atom stereocenters. The average Bonchev–Trinajstić information content (AvgIpc) is 2.95. The Hall–Kier alpha value is -0.820. The molecule has 1 aliphatic rings. The molecule has 1 heterocycles. The second-order valence-electron chi connectivity index (χ2n) is 4.03. The minimum absolute atomic E-state index is 0.420. The first-order valence-corrected chi connectivity index (χ1v) is 6.64. The molecule has 0 bridgehead atoms. The first-order chi connectivity index (χ1) is 7.88. The zero-order valence-electron chi connectivity index (χ0n) is 9.37. The minimum atomic E-state index is 0.420. The second-order valence-corrected chi connectivity index (χ2v) is 5.02. The van der Waals surface area contributed by atoms with Crippen LogP contribution in [0.15, 0.2) is 11.4 Å². The monoisotopic (exact) mass is 235 g/mol. The van der Waals surface area contributed by atoms with Crippen molar-refractivity contribution in [1.82, 2.24) is 0 Å². The number of ether oxygens (including phenoxy) is 1. The van der Waals surface area contributed by atoms with E-state index in [1.54, 1.807) is 11.3 Å². The molecule has 2 nitrogen and oxygen atoms in total. The number of rotatable bonds is 3. The van der Waals surface area contributed by atoms with Crippen LogP contribution in [0, 0.1) is 11.8 Å². The summed E-state index contributed by atoms with van der Waals surface area (Å²) in [5.41, 5.74) is 6.39. The maximum atomic E-state index is 5.84. The Balaban J connectivity index is 1.82. The summed E-state index contributed by atoms with van der Waals surface area (Å²) in [6.45, 7) is 1.16. The van der Waals surface area contributed by atoms with Crippen LogP contribution in [0.2, 0.25) is 0 Å². The van der Waals surface area contributed by atoms with Crippen LogP contribution in [0.1, 0.15) is 36.1 Å². The van der Waals surface area contributed by atoms with E-state index in [-0.39, 0.29) is 0 Å². The van der Waals surface area contributed by atoms with Gasteiger partial charge in [-0.25, -0.2) is 0 Å². The van der Waals surface area contributed by atoms with E-state index in [1.165, 1.54) is 30.6 Å². The molecule has 2 N–H and O–H groups in total. The van der Waals surface area contributed by atoms with Crippen molar-refractivity contribution >= 4 is 11.3 Å². The van der Waals surface area contributed by atoms with Gasteiger partial charge in [-0.15, -0.1) is 11.3 Å². The predicted octanol–water partition coefficient (Wildman–Crippen LogP) is 2.52. The van der Waals surface area contributed by atoms with Gasteiger partial charge in [-0.3, -0.25) is 0 Å². The van der Waals surface area contributed by atoms with Gasteiger partial charge in [0.1, 0.15) is 0 Å². The molecule has 1 aliphatic carbocycles. The topological polar surface area (TPSA) is 35.2 Å². The lowest BCUT2D eigenvalue weighted by Crippen LogP contribution is -2.06. The molecule has 0 spiro atoms. The van der Waals surface area contributed by atoms with Gasteiger partial charge >= 0.3 is 0 Å². The zero-order valence-corrected chi connectivity index (χ0v) is 10.2. The Morgan fingerprint density at radius 1 is 1.44 bits per heavy atom. The molecule has 2 rings (SSSR count). The van der Waals surface area contributed by atoms with Crippen molar-refractivity contribution in [2.45, 2.75) is 38.4 Å². The van der Waals surface area contributed by atoms with E-state index < -0.39 is 0 Å². The first-order valence-electron chi connectivity index (χ1n) is 5.76. The Morgan fingerprint density at radius 3 is 3.00 bits per heavy atom. The predicted molar refractivity (Wildman–Crippen MR) is 67.3 cm³/mol. The zero-order chi connectivity index (χ0) is 11.2. The molecule has 1 saturated carbocycles. The molecule has 0 saturated heterocycles. The molecule has 0 unspecified atom stereocenters. The highest BCUT2D eigenvalue weighted by atomic mass is 32.1. The van der Waals surface area contributed by atoms with E-state index in [9.17, 15) is 0 Å². The van der Waals surface area contributed by atoms with Gasteiger partial charge in [0, 0.05) is 15.8 Å². The minimum Gasteiger partial charge on any atom is -0.373 e. The highest BCUT2D eigenvalue weighted by molar-refractivity contribution is 7.10. The summed E-state index contributed by atoms with van der Waals surface area (Å²) in [6.07, 6.45) is 5.59. The molecule has 3 heteroatoms. The molecule has 1 fully saturated rings. The first kappa shape index (κ1) is 11.7. The second kappa shape index (κ2) is 6.05. The summed E-state index contributed by atoms with van der Waals surface area (Å²) in [5.74, 6) is 5.89. The number of nitrogens with two attached hydrogens (primary N) is 1. The van der Waals surface area contributed by atoms with E-state index in [1.807, 2.05) is 0 Å². The van der Waals surface area contributed by atoms with E-state index in [0.717, 1.165) is 12.2 Å². The Bertz CT molecular complexity index is 382. The molecule has 1 aromatic rings. The Morgan fingerprint density at radius 2 is 2.25 bits per heavy atom. The van der Waals surface area contributed by atoms with E-state index in [0.29, 0.717) is 12.6 Å². The van der Waals surface area contributed by atoms with Gasteiger partial charge < -0.3 is 10.5 Å². The number of hydrogen-bond acceptors (Lipinski definition) is 3. The van der Waals surface area contributed by atoms with Crippen LogP contribution in [0.4, 0.5) is 0 Å². The van der Waals surface area contributed by atoms with Gasteiger partial charge in [0.2, 0.25) is 0 Å². The average molecular weight is 235 g/mol. The lowest BCUT2D eigenvalue weighted by molar-refractivity contribution is 0.0473. The lowest BCUT2D eigenvalue weighted by atomic mass is 10.3. The summed E-state index contributed by atoms with van der Waals surface area (Å²) in [6, 6.07) is 2.10. The van der Waals surface area contributed by atoms with E-state index in [2.05, 4.69) is 23.3 Å². The summed E-state index contributed by atoms with van der Waals surface area (Å²) in [7, 11) is 0. The quantitative estimate of drug-likeness (QED) is 0.817. The van der Waals surface area contributed by atoms with Gasteiger partial charge in [0.05, 0.1) is 19.3 Å². The third-order valence-electron chi connectivity index (χ3n) is 2.75. The standard InChI is InChI=1S/C13H17NOS/c14-7-3-4-11-8-13(16-10-11)9-15-12-5-1-2-6-12/h8,10,12H,1-2,5-7,9,14H2. The van der Waals surface area contributed by atoms with Crippen molar-refractivity contribution in [3.8, 4) is 11.8 Å². The molecule has 0 aromatic carbocycles. The highest BCUT2D eigenvalue weighted by Crippen LogP contribution is 2.23. The van der Waals surface area contributed by atoms with Crippen LogP contribution >= 0.6 is 11.3 Å². The summed E-state index contributed by atoms with van der Waals surface area (Å²) < 4.78 is 5.84. The van der Waals surface area contributed by atoms with Gasteiger partial charge in [-0.2, -0.15) is 0 Å². The summed E-state index contributed by atoms with van der Waals surface area (Å²) in [5, 5.41) is 2.07. The Kier molecular flexibility index (Phi) is 4.41. The molecule has 86 valence electrons. The molecule has 0 aliphatic heterocycles. The maximum absolute atomic E-state index is 5.84. The smallest absolute Gasteiger partial charge is 0.0813 e. The van der Waals surface area contributed by atoms with Crippen LogP contribution in [0.25, 0.3) is 0 Å². The normalized spacial score (nSPS) is 16.1. The molecular weight excluding hydrogens is 218 g/mol. The third-order valence-corrected chi connectivity index (χ3v) is 3.66. The van der Waals surface area contributed by atoms with E-state index in [4.69, 9.17) is 10.5 Å². The lowest BCUT2D eigenvalue weighted by Gasteiger charge is -2.08. The molecule has 0 radical (unpaired) electrons. The SMILES string of the molecule is NCC#Cc1csc(COC2CCCC2)c1. The maximum Gasteiger partial charge on any atom is 0.0813 e. The fourth-order valence-corrected chi connectivity index (χ4v) is 2.67. The molecular formula is C13H17NOS. The fraction of sp³-hybridized carbons (Fsp3) is 0.538. The van der Waals surface area contributed by atoms with Gasteiger partial charge in [0.15, 0.2) is 0 Å². The van der Waals surface area contributed by atoms with Crippen molar-refractivity contribution in [3.63, 3.8) is 0 Å². The van der Waals surface area contributed by atoms with Crippen molar-refractivity contribution in [1.29, 1.82) is 0 Å². The molecule has 1 aromatic heterocycles. The van der Waals surface area contributed by atoms with Gasteiger partial charge in [-0.1, -0.05) is 24.7 Å². The van der Waals surface area contributed by atoms with E-state index >= 15 is 0 Å². The van der Waals surface area contributed by atoms with Gasteiger partial charge in [-0.05, 0) is 18.9 Å². The number of hydrogen-bond donors (Lipinski definition) is 1. The highest BCUT2D eigenvalue weighted by Gasteiger charge is 2.15. The van der Waals surface area contributed by atoms with Crippen molar-refractivity contribution in [3.05, 3.63) is 21.9 Å². The van der Waals surface area contributed by atoms with Crippen LogP contribution in [0.5, 0.6) is 0 Å². The third kappa shape index (κ3) is 3.34. The molecule has 0 amide bonds. The van der Waals surface area contributed by atoms with Gasteiger partial charge in [0.25, 0.3) is 0 Å². The summed E-state index contributed by atoms with van der Waals surface area (Å²) in [4.78, 5) is 1.26. The Labute approximate surface area is 101 Å². The largest absolute Gasteiger partial charge is 0.373 e. The van der Waals surface area contributed by atoms with Crippen LogP contribution in [0.3, 0.4) is 0 Å². The van der Waals surface area contributed by atoms with Crippen molar-refractivity contribution < 1.29 is 4.74 Å².